The molecule has 0 saturated carbocycles. The summed E-state index contributed by atoms with van der Waals surface area (Å²) in [4.78, 5) is 22.0. The van der Waals surface area contributed by atoms with E-state index >= 15 is 0 Å². The van der Waals surface area contributed by atoms with E-state index in [0.717, 1.165) is 0 Å². The first-order valence-electron chi connectivity index (χ1n) is 4.10. The van der Waals surface area contributed by atoms with Crippen LogP contribution in [-0.4, -0.2) is 17.0 Å². The van der Waals surface area contributed by atoms with Crippen LogP contribution in [0.25, 0.3) is 0 Å². The smallest absolute Gasteiger partial charge is 0.292 e. The van der Waals surface area contributed by atoms with Gasteiger partial charge in [-0.3, -0.25) is 14.9 Å². The van der Waals surface area contributed by atoms with Gasteiger partial charge in [0.2, 0.25) is 0 Å². The maximum atomic E-state index is 11.3. The molecular formula is C9H10N2O3S. The first kappa shape index (κ1) is 11.5. The Morgan fingerprint density at radius 3 is 2.53 bits per heavy atom. The lowest BCUT2D eigenvalue weighted by molar-refractivity contribution is -0.384. The number of nitro groups is 1. The van der Waals surface area contributed by atoms with Crippen LogP contribution in [0.1, 0.15) is 17.3 Å². The number of thioether (sulfide) groups is 1. The predicted octanol–water partition coefficient (Wildman–Crippen LogP) is 2.10. The first-order valence-corrected chi connectivity index (χ1v) is 5.33. The molecule has 0 aliphatic carbocycles. The topological polar surface area (TPSA) is 86.2 Å². The minimum atomic E-state index is -0.591. The van der Waals surface area contributed by atoms with Crippen LogP contribution in [-0.2, 0) is 0 Å². The number of hydrogen-bond acceptors (Lipinski definition) is 5. The van der Waals surface area contributed by atoms with Gasteiger partial charge in [-0.25, -0.2) is 0 Å². The lowest BCUT2D eigenvalue weighted by Gasteiger charge is -2.07. The van der Waals surface area contributed by atoms with E-state index < -0.39 is 4.92 Å². The normalized spacial score (nSPS) is 10.0. The second-order valence-electron chi connectivity index (χ2n) is 2.89. The number of nitrogens with zero attached hydrogens (tertiary/aromatic N) is 1. The molecule has 80 valence electrons. The summed E-state index contributed by atoms with van der Waals surface area (Å²) in [6.45, 7) is 1.34. The summed E-state index contributed by atoms with van der Waals surface area (Å²) in [5.41, 5.74) is 5.54. The minimum absolute atomic E-state index is 0.0562. The SMILES string of the molecule is CSc1ccc([N+](=O)[O-])c(N)c1C(C)=O. The van der Waals surface area contributed by atoms with Crippen molar-refractivity contribution in [3.05, 3.63) is 27.8 Å². The molecule has 0 bridgehead atoms. The fourth-order valence-electron chi connectivity index (χ4n) is 1.28. The summed E-state index contributed by atoms with van der Waals surface area (Å²) >= 11 is 1.33. The van der Waals surface area contributed by atoms with Gasteiger partial charge >= 0.3 is 0 Å². The van der Waals surface area contributed by atoms with Gasteiger partial charge in [-0.2, -0.15) is 0 Å². The average Bonchev–Trinajstić information content (AvgIpc) is 2.15. The number of benzene rings is 1. The molecule has 0 radical (unpaired) electrons. The second kappa shape index (κ2) is 4.31. The molecule has 0 aromatic heterocycles. The Bertz CT molecular complexity index is 432. The van der Waals surface area contributed by atoms with E-state index in [-0.39, 0.29) is 22.7 Å². The number of carbonyl (C=O) groups is 1. The Morgan fingerprint density at radius 1 is 1.53 bits per heavy atom. The highest BCUT2D eigenvalue weighted by atomic mass is 32.2. The Morgan fingerprint density at radius 2 is 2.13 bits per heavy atom. The molecule has 0 fully saturated rings. The maximum absolute atomic E-state index is 11.3. The third-order valence-corrected chi connectivity index (χ3v) is 2.73. The van der Waals surface area contributed by atoms with Gasteiger partial charge in [0.1, 0.15) is 5.69 Å². The van der Waals surface area contributed by atoms with E-state index in [2.05, 4.69) is 0 Å². The lowest BCUT2D eigenvalue weighted by atomic mass is 10.1. The van der Waals surface area contributed by atoms with Gasteiger partial charge < -0.3 is 5.73 Å². The minimum Gasteiger partial charge on any atom is -0.393 e. The molecule has 0 aliphatic rings. The average molecular weight is 226 g/mol. The number of rotatable bonds is 3. The van der Waals surface area contributed by atoms with Gasteiger partial charge in [-0.1, -0.05) is 0 Å². The third kappa shape index (κ3) is 2.10. The van der Waals surface area contributed by atoms with E-state index in [9.17, 15) is 14.9 Å². The molecule has 0 heterocycles. The molecule has 6 heteroatoms. The Balaban J connectivity index is 3.49. The zero-order valence-electron chi connectivity index (χ0n) is 8.31. The van der Waals surface area contributed by atoms with Crippen molar-refractivity contribution in [1.82, 2.24) is 0 Å². The highest BCUT2D eigenvalue weighted by molar-refractivity contribution is 7.98. The van der Waals surface area contributed by atoms with Crippen LogP contribution in [0.3, 0.4) is 0 Å². The summed E-state index contributed by atoms with van der Waals surface area (Å²) in [7, 11) is 0. The van der Waals surface area contributed by atoms with E-state index in [1.807, 2.05) is 0 Å². The van der Waals surface area contributed by atoms with Crippen LogP contribution >= 0.6 is 11.8 Å². The number of nitrogens with two attached hydrogens (primary N) is 1. The van der Waals surface area contributed by atoms with Crippen molar-refractivity contribution in [1.29, 1.82) is 0 Å². The number of hydrogen-bond donors (Lipinski definition) is 1. The Kier molecular flexibility index (Phi) is 3.31. The van der Waals surface area contributed by atoms with E-state index in [1.54, 1.807) is 6.26 Å². The third-order valence-electron chi connectivity index (χ3n) is 1.95. The fourth-order valence-corrected chi connectivity index (χ4v) is 1.94. The largest absolute Gasteiger partial charge is 0.393 e. The van der Waals surface area contributed by atoms with Gasteiger partial charge in [0, 0.05) is 11.0 Å². The Labute approximate surface area is 90.8 Å². The number of anilines is 1. The number of nitrogen functional groups attached to an aromatic ring is 1. The summed E-state index contributed by atoms with van der Waals surface area (Å²) < 4.78 is 0. The van der Waals surface area contributed by atoms with Crippen molar-refractivity contribution in [2.45, 2.75) is 11.8 Å². The van der Waals surface area contributed by atoms with Gasteiger partial charge in [-0.05, 0) is 19.2 Å². The molecule has 1 aromatic rings. The summed E-state index contributed by atoms with van der Waals surface area (Å²) in [5.74, 6) is -0.263. The van der Waals surface area contributed by atoms with E-state index in [0.29, 0.717) is 4.90 Å². The van der Waals surface area contributed by atoms with E-state index in [1.165, 1.54) is 30.8 Å². The summed E-state index contributed by atoms with van der Waals surface area (Å²) in [6.07, 6.45) is 1.78. The van der Waals surface area contributed by atoms with Crippen molar-refractivity contribution < 1.29 is 9.72 Å². The molecule has 2 N–H and O–H groups in total. The van der Waals surface area contributed by atoms with Crippen LogP contribution in [0.4, 0.5) is 11.4 Å². The van der Waals surface area contributed by atoms with Gasteiger partial charge in [0.05, 0.1) is 10.5 Å². The monoisotopic (exact) mass is 226 g/mol. The number of nitro benzene ring substituents is 1. The molecule has 15 heavy (non-hydrogen) atoms. The predicted molar refractivity (Wildman–Crippen MR) is 59.3 cm³/mol. The van der Waals surface area contributed by atoms with Crippen LogP contribution in [0.2, 0.25) is 0 Å². The molecule has 0 saturated heterocycles. The molecule has 1 aromatic carbocycles. The van der Waals surface area contributed by atoms with Crippen molar-refractivity contribution >= 4 is 28.9 Å². The van der Waals surface area contributed by atoms with Crippen LogP contribution < -0.4 is 5.73 Å². The van der Waals surface area contributed by atoms with Crippen molar-refractivity contribution in [2.75, 3.05) is 12.0 Å². The standard InChI is InChI=1S/C9H10N2O3S/c1-5(12)8-7(15-2)4-3-6(9(8)10)11(13)14/h3-4H,10H2,1-2H3. The highest BCUT2D eigenvalue weighted by Gasteiger charge is 2.20. The molecule has 0 unspecified atom stereocenters. The second-order valence-corrected chi connectivity index (χ2v) is 3.74. The molecule has 0 aliphatic heterocycles. The first-order chi connectivity index (χ1) is 6.99. The lowest BCUT2D eigenvalue weighted by Crippen LogP contribution is -2.05. The fraction of sp³-hybridized carbons (Fsp3) is 0.222. The zero-order chi connectivity index (χ0) is 11.6. The van der Waals surface area contributed by atoms with Gasteiger partial charge in [-0.15, -0.1) is 11.8 Å². The number of ketones is 1. The molecular weight excluding hydrogens is 216 g/mol. The maximum Gasteiger partial charge on any atom is 0.292 e. The number of carbonyl (C=O) groups excluding carboxylic acids is 1. The van der Waals surface area contributed by atoms with Crippen LogP contribution in [0.5, 0.6) is 0 Å². The summed E-state index contributed by atoms with van der Waals surface area (Å²) in [5, 5.41) is 10.6. The van der Waals surface area contributed by atoms with Gasteiger partial charge in [0.15, 0.2) is 5.78 Å². The molecule has 5 nitrogen and oxygen atoms in total. The number of Topliss-reactive ketones (excluding diaryl/α,β-unsaturated/α-hetero) is 1. The summed E-state index contributed by atoms with van der Waals surface area (Å²) in [6, 6.07) is 2.85. The molecule has 1 rings (SSSR count). The van der Waals surface area contributed by atoms with Crippen LogP contribution in [0, 0.1) is 10.1 Å². The Hall–Kier alpha value is -1.56. The van der Waals surface area contributed by atoms with E-state index in [4.69, 9.17) is 5.73 Å². The molecule has 0 amide bonds. The van der Waals surface area contributed by atoms with Crippen molar-refractivity contribution in [2.24, 2.45) is 0 Å². The van der Waals surface area contributed by atoms with Gasteiger partial charge in [0.25, 0.3) is 5.69 Å². The van der Waals surface area contributed by atoms with Crippen LogP contribution in [0.15, 0.2) is 17.0 Å². The molecule has 0 spiro atoms. The zero-order valence-corrected chi connectivity index (χ0v) is 9.13. The quantitative estimate of drug-likeness (QED) is 0.280. The highest BCUT2D eigenvalue weighted by Crippen LogP contribution is 2.32. The molecule has 0 atom stereocenters. The van der Waals surface area contributed by atoms with Crippen molar-refractivity contribution in [3.63, 3.8) is 0 Å². The van der Waals surface area contributed by atoms with Crippen molar-refractivity contribution in [3.8, 4) is 0 Å².